The van der Waals surface area contributed by atoms with Crippen molar-refractivity contribution >= 4 is 6.09 Å². The number of nitrogens with zero attached hydrogens (tertiary/aromatic N) is 1. The zero-order valence-electron chi connectivity index (χ0n) is 14.2. The fourth-order valence-electron chi connectivity index (χ4n) is 3.07. The summed E-state index contributed by atoms with van der Waals surface area (Å²) in [6, 6.07) is 20.5. The number of cyclic esters (lactones) is 1. The highest BCUT2D eigenvalue weighted by Gasteiger charge is 2.35. The summed E-state index contributed by atoms with van der Waals surface area (Å²) in [5.41, 5.74) is 5.78. The molecule has 2 aromatic carbocycles. The van der Waals surface area contributed by atoms with Crippen molar-refractivity contribution in [1.82, 2.24) is 10.4 Å². The number of amides is 1. The SMILES string of the molecule is CC(C)[C@H](NN1C(=O)OC[C@@H]1Cc1ccccc1)c1ccccc1. The molecule has 1 heterocycles. The monoisotopic (exact) mass is 324 g/mol. The van der Waals surface area contributed by atoms with Crippen molar-refractivity contribution in [2.45, 2.75) is 32.4 Å². The van der Waals surface area contributed by atoms with Crippen LogP contribution in [0.3, 0.4) is 0 Å². The lowest BCUT2D eigenvalue weighted by Crippen LogP contribution is -2.48. The van der Waals surface area contributed by atoms with Crippen molar-refractivity contribution < 1.29 is 9.53 Å². The lowest BCUT2D eigenvalue weighted by atomic mass is 9.96. The minimum absolute atomic E-state index is 0.00450. The number of hydrogen-bond acceptors (Lipinski definition) is 3. The minimum atomic E-state index is -0.294. The Bertz CT molecular complexity index is 658. The van der Waals surface area contributed by atoms with Gasteiger partial charge >= 0.3 is 6.09 Å². The van der Waals surface area contributed by atoms with Gasteiger partial charge < -0.3 is 4.74 Å². The fraction of sp³-hybridized carbons (Fsp3) is 0.350. The highest BCUT2D eigenvalue weighted by Crippen LogP contribution is 2.25. The molecule has 0 aliphatic carbocycles. The minimum Gasteiger partial charge on any atom is -0.446 e. The van der Waals surface area contributed by atoms with E-state index < -0.39 is 0 Å². The van der Waals surface area contributed by atoms with E-state index in [0.29, 0.717) is 12.5 Å². The quantitative estimate of drug-likeness (QED) is 0.875. The van der Waals surface area contributed by atoms with Crippen LogP contribution in [0.2, 0.25) is 0 Å². The highest BCUT2D eigenvalue weighted by molar-refractivity contribution is 5.69. The molecule has 126 valence electrons. The van der Waals surface area contributed by atoms with Crippen LogP contribution in [-0.4, -0.2) is 23.8 Å². The van der Waals surface area contributed by atoms with Crippen molar-refractivity contribution in [3.05, 3.63) is 71.8 Å². The molecule has 1 fully saturated rings. The van der Waals surface area contributed by atoms with Gasteiger partial charge in [0, 0.05) is 0 Å². The topological polar surface area (TPSA) is 41.6 Å². The fourth-order valence-corrected chi connectivity index (χ4v) is 3.07. The summed E-state index contributed by atoms with van der Waals surface area (Å²) in [7, 11) is 0. The van der Waals surface area contributed by atoms with Crippen LogP contribution in [0, 0.1) is 5.92 Å². The lowest BCUT2D eigenvalue weighted by molar-refractivity contribution is 0.122. The average molecular weight is 324 g/mol. The van der Waals surface area contributed by atoms with E-state index in [0.717, 1.165) is 6.42 Å². The van der Waals surface area contributed by atoms with Crippen LogP contribution in [0.25, 0.3) is 0 Å². The van der Waals surface area contributed by atoms with Gasteiger partial charge in [0.2, 0.25) is 0 Å². The molecule has 2 atom stereocenters. The number of hydrogen-bond donors (Lipinski definition) is 1. The largest absolute Gasteiger partial charge is 0.446 e. The molecule has 24 heavy (non-hydrogen) atoms. The number of ether oxygens (including phenoxy) is 1. The van der Waals surface area contributed by atoms with Gasteiger partial charge in [-0.1, -0.05) is 74.5 Å². The molecule has 4 nitrogen and oxygen atoms in total. The van der Waals surface area contributed by atoms with Crippen molar-refractivity contribution in [3.63, 3.8) is 0 Å². The Hall–Kier alpha value is -2.33. The summed E-state index contributed by atoms with van der Waals surface area (Å²) < 4.78 is 5.29. The maximum atomic E-state index is 12.2. The number of carbonyl (C=O) groups is 1. The number of hydrazine groups is 1. The molecular weight excluding hydrogens is 300 g/mol. The van der Waals surface area contributed by atoms with E-state index in [1.54, 1.807) is 5.01 Å². The van der Waals surface area contributed by atoms with Gasteiger partial charge in [-0.15, -0.1) is 0 Å². The van der Waals surface area contributed by atoms with Gasteiger partial charge in [-0.05, 0) is 23.5 Å². The molecule has 1 aliphatic heterocycles. The van der Waals surface area contributed by atoms with E-state index in [1.165, 1.54) is 11.1 Å². The highest BCUT2D eigenvalue weighted by atomic mass is 16.6. The number of nitrogens with one attached hydrogen (secondary N) is 1. The van der Waals surface area contributed by atoms with Gasteiger partial charge in [-0.3, -0.25) is 0 Å². The number of benzene rings is 2. The first-order valence-electron chi connectivity index (χ1n) is 8.46. The first-order valence-corrected chi connectivity index (χ1v) is 8.46. The summed E-state index contributed by atoms with van der Waals surface area (Å²) in [5, 5.41) is 1.67. The molecule has 0 bridgehead atoms. The van der Waals surface area contributed by atoms with Crippen LogP contribution >= 0.6 is 0 Å². The molecule has 2 aromatic rings. The Morgan fingerprint density at radius 2 is 1.71 bits per heavy atom. The molecule has 0 spiro atoms. The van der Waals surface area contributed by atoms with E-state index in [2.05, 4.69) is 43.5 Å². The maximum Gasteiger partial charge on any atom is 0.424 e. The van der Waals surface area contributed by atoms with Gasteiger partial charge in [-0.25, -0.2) is 15.2 Å². The Balaban J connectivity index is 1.76. The second-order valence-corrected chi connectivity index (χ2v) is 6.55. The van der Waals surface area contributed by atoms with Gasteiger partial charge in [0.25, 0.3) is 0 Å². The van der Waals surface area contributed by atoms with E-state index in [1.807, 2.05) is 36.4 Å². The average Bonchev–Trinajstić information content (AvgIpc) is 2.94. The molecule has 3 rings (SSSR count). The van der Waals surface area contributed by atoms with Gasteiger partial charge in [0.15, 0.2) is 0 Å². The maximum absolute atomic E-state index is 12.2. The Morgan fingerprint density at radius 3 is 2.33 bits per heavy atom. The smallest absolute Gasteiger partial charge is 0.424 e. The summed E-state index contributed by atoms with van der Waals surface area (Å²) in [5.74, 6) is 0.346. The van der Waals surface area contributed by atoms with E-state index in [4.69, 9.17) is 4.74 Å². The molecule has 0 saturated carbocycles. The molecule has 1 N–H and O–H groups in total. The molecule has 1 amide bonds. The predicted octanol–water partition coefficient (Wildman–Crippen LogP) is 3.95. The van der Waals surface area contributed by atoms with E-state index in [-0.39, 0.29) is 18.2 Å². The zero-order valence-corrected chi connectivity index (χ0v) is 14.2. The van der Waals surface area contributed by atoms with Gasteiger partial charge in [0.1, 0.15) is 6.61 Å². The summed E-state index contributed by atoms with van der Waals surface area (Å²) in [4.78, 5) is 12.2. The van der Waals surface area contributed by atoms with Gasteiger partial charge in [0.05, 0.1) is 12.1 Å². The van der Waals surface area contributed by atoms with Crippen molar-refractivity contribution in [1.29, 1.82) is 0 Å². The van der Waals surface area contributed by atoms with E-state index >= 15 is 0 Å². The third-order valence-corrected chi connectivity index (χ3v) is 4.38. The van der Waals surface area contributed by atoms with Crippen molar-refractivity contribution in [3.8, 4) is 0 Å². The van der Waals surface area contributed by atoms with Gasteiger partial charge in [-0.2, -0.15) is 0 Å². The van der Waals surface area contributed by atoms with E-state index in [9.17, 15) is 4.79 Å². The molecule has 1 saturated heterocycles. The lowest BCUT2D eigenvalue weighted by Gasteiger charge is -2.30. The Labute approximate surface area is 143 Å². The summed E-state index contributed by atoms with van der Waals surface area (Å²) in [6.45, 7) is 4.72. The third kappa shape index (κ3) is 3.77. The normalized spacial score (nSPS) is 18.7. The van der Waals surface area contributed by atoms with Crippen molar-refractivity contribution in [2.24, 2.45) is 5.92 Å². The Morgan fingerprint density at radius 1 is 1.08 bits per heavy atom. The standard InChI is InChI=1S/C20H24N2O2/c1-15(2)19(17-11-7-4-8-12-17)21-22-18(14-24-20(22)23)13-16-9-5-3-6-10-16/h3-12,15,18-19,21H,13-14H2,1-2H3/t18-,19-/m0/s1. The molecule has 1 aliphatic rings. The first kappa shape index (κ1) is 16.5. The van der Waals surface area contributed by atoms with Crippen LogP contribution in [-0.2, 0) is 11.2 Å². The molecule has 4 heteroatoms. The molecular formula is C20H24N2O2. The molecule has 0 aromatic heterocycles. The van der Waals surface area contributed by atoms with Crippen LogP contribution in [0.5, 0.6) is 0 Å². The molecule has 0 unspecified atom stereocenters. The van der Waals surface area contributed by atoms with Crippen LogP contribution in [0.15, 0.2) is 60.7 Å². The second kappa shape index (κ2) is 7.49. The second-order valence-electron chi connectivity index (χ2n) is 6.55. The number of carbonyl (C=O) groups excluding carboxylic acids is 1. The third-order valence-electron chi connectivity index (χ3n) is 4.38. The Kier molecular flexibility index (Phi) is 5.16. The van der Waals surface area contributed by atoms with Crippen LogP contribution in [0.1, 0.15) is 31.0 Å². The van der Waals surface area contributed by atoms with Crippen LogP contribution in [0.4, 0.5) is 4.79 Å². The van der Waals surface area contributed by atoms with Crippen molar-refractivity contribution in [2.75, 3.05) is 6.61 Å². The van der Waals surface area contributed by atoms with Crippen LogP contribution < -0.4 is 5.43 Å². The predicted molar refractivity (Wildman–Crippen MR) is 94.3 cm³/mol. The zero-order chi connectivity index (χ0) is 16.9. The number of rotatable bonds is 6. The first-order chi connectivity index (χ1) is 11.6. The molecule has 0 radical (unpaired) electrons. The summed E-state index contributed by atoms with van der Waals surface area (Å²) in [6.07, 6.45) is 0.483. The summed E-state index contributed by atoms with van der Waals surface area (Å²) >= 11 is 0.